The summed E-state index contributed by atoms with van der Waals surface area (Å²) in [5, 5.41) is 20.3. The molecule has 1 N–H and O–H groups in total. The summed E-state index contributed by atoms with van der Waals surface area (Å²) in [6.07, 6.45) is 3.83. The number of benzene rings is 1. The van der Waals surface area contributed by atoms with Crippen LogP contribution in [0.5, 0.6) is 11.5 Å². The van der Waals surface area contributed by atoms with E-state index < -0.39 is 11.5 Å². The van der Waals surface area contributed by atoms with Crippen LogP contribution in [0.2, 0.25) is 0 Å². The van der Waals surface area contributed by atoms with Gasteiger partial charge in [0.2, 0.25) is 6.79 Å². The largest absolute Gasteiger partial charge is 0.454 e. The van der Waals surface area contributed by atoms with Crippen molar-refractivity contribution < 1.29 is 14.6 Å². The Kier molecular flexibility index (Phi) is 3.61. The van der Waals surface area contributed by atoms with Gasteiger partial charge in [-0.25, -0.2) is 0 Å². The molecule has 3 rings (SSSR count). The van der Waals surface area contributed by atoms with Gasteiger partial charge in [-0.3, -0.25) is 0 Å². The highest BCUT2D eigenvalue weighted by Gasteiger charge is 2.40. The molecule has 1 aromatic carbocycles. The minimum atomic E-state index is -0.793. The molecule has 20 heavy (non-hydrogen) atoms. The topological polar surface area (TPSA) is 62.5 Å². The van der Waals surface area contributed by atoms with Crippen molar-refractivity contribution in [2.24, 2.45) is 5.41 Å². The summed E-state index contributed by atoms with van der Waals surface area (Å²) < 4.78 is 11.5. The lowest BCUT2D eigenvalue weighted by Gasteiger charge is -2.35. The van der Waals surface area contributed by atoms with Crippen molar-refractivity contribution in [3.63, 3.8) is 0 Å². The molecule has 0 aromatic heterocycles. The number of hydrogen-bond donors (Lipinski definition) is 1. The standard InChI is InChI=1S/C15H16BrNO3/c16-11-6-10(7-12-13(11)20-9-19-12)14(18)15(8-17)4-2-1-3-5-15/h6-7,14,18H,1-5,9H2. The van der Waals surface area contributed by atoms with E-state index >= 15 is 0 Å². The zero-order valence-electron chi connectivity index (χ0n) is 11.1. The van der Waals surface area contributed by atoms with Crippen LogP contribution >= 0.6 is 15.9 Å². The summed E-state index contributed by atoms with van der Waals surface area (Å²) >= 11 is 3.43. The van der Waals surface area contributed by atoms with Gasteiger partial charge < -0.3 is 14.6 Å². The van der Waals surface area contributed by atoms with Gasteiger partial charge in [0.25, 0.3) is 0 Å². The van der Waals surface area contributed by atoms with Gasteiger partial charge in [0.05, 0.1) is 22.1 Å². The Balaban J connectivity index is 1.96. The maximum atomic E-state index is 10.7. The quantitative estimate of drug-likeness (QED) is 0.893. The lowest BCUT2D eigenvalue weighted by molar-refractivity contribution is 0.0358. The summed E-state index contributed by atoms with van der Waals surface area (Å²) in [5.74, 6) is 1.29. The predicted molar refractivity (Wildman–Crippen MR) is 76.4 cm³/mol. The van der Waals surface area contributed by atoms with Gasteiger partial charge in [0, 0.05) is 0 Å². The molecule has 5 heteroatoms. The molecule has 0 bridgehead atoms. The molecule has 0 radical (unpaired) electrons. The maximum absolute atomic E-state index is 10.7. The Bertz CT molecular complexity index is 561. The van der Waals surface area contributed by atoms with Crippen LogP contribution in [0.3, 0.4) is 0 Å². The van der Waals surface area contributed by atoms with E-state index in [1.54, 1.807) is 6.07 Å². The maximum Gasteiger partial charge on any atom is 0.231 e. The zero-order valence-corrected chi connectivity index (χ0v) is 12.6. The van der Waals surface area contributed by atoms with Crippen LogP contribution in [0.1, 0.15) is 43.8 Å². The van der Waals surface area contributed by atoms with Crippen molar-refractivity contribution in [3.8, 4) is 17.6 Å². The van der Waals surface area contributed by atoms with Gasteiger partial charge in [0.15, 0.2) is 11.5 Å². The van der Waals surface area contributed by atoms with Gasteiger partial charge in [-0.15, -0.1) is 0 Å². The highest BCUT2D eigenvalue weighted by molar-refractivity contribution is 9.10. The van der Waals surface area contributed by atoms with E-state index in [-0.39, 0.29) is 6.79 Å². The molecule has 1 atom stereocenters. The molecule has 0 amide bonds. The van der Waals surface area contributed by atoms with Crippen LogP contribution in [-0.4, -0.2) is 11.9 Å². The molecule has 1 heterocycles. The number of nitriles is 1. The van der Waals surface area contributed by atoms with Gasteiger partial charge in [-0.05, 0) is 46.5 Å². The lowest BCUT2D eigenvalue weighted by Crippen LogP contribution is -2.30. The normalized spacial score (nSPS) is 21.2. The van der Waals surface area contributed by atoms with Crippen LogP contribution in [-0.2, 0) is 0 Å². The molecular formula is C15H16BrNO3. The Labute approximate surface area is 126 Å². The van der Waals surface area contributed by atoms with E-state index in [4.69, 9.17) is 9.47 Å². The molecule has 106 valence electrons. The first kappa shape index (κ1) is 13.7. The number of hydrogen-bond acceptors (Lipinski definition) is 4. The average Bonchev–Trinajstić information content (AvgIpc) is 2.96. The van der Waals surface area contributed by atoms with Gasteiger partial charge in [0.1, 0.15) is 0 Å². The van der Waals surface area contributed by atoms with Crippen LogP contribution in [0.25, 0.3) is 0 Å². The van der Waals surface area contributed by atoms with Crippen LogP contribution < -0.4 is 9.47 Å². The molecule has 1 fully saturated rings. The Morgan fingerprint density at radius 1 is 1.25 bits per heavy atom. The Hall–Kier alpha value is -1.25. The van der Waals surface area contributed by atoms with Crippen molar-refractivity contribution in [2.45, 2.75) is 38.2 Å². The summed E-state index contributed by atoms with van der Waals surface area (Å²) in [5.41, 5.74) is 0.0374. The van der Waals surface area contributed by atoms with Gasteiger partial charge in [-0.2, -0.15) is 5.26 Å². The molecule has 1 aromatic rings. The fraction of sp³-hybridized carbons (Fsp3) is 0.533. The third-order valence-corrected chi connectivity index (χ3v) is 4.85. The Morgan fingerprint density at radius 3 is 2.70 bits per heavy atom. The minimum Gasteiger partial charge on any atom is -0.454 e. The average molecular weight is 338 g/mol. The fourth-order valence-electron chi connectivity index (χ4n) is 3.09. The zero-order chi connectivity index (χ0) is 14.2. The van der Waals surface area contributed by atoms with E-state index in [0.717, 1.165) is 36.6 Å². The van der Waals surface area contributed by atoms with Crippen molar-refractivity contribution >= 4 is 15.9 Å². The lowest BCUT2D eigenvalue weighted by atomic mass is 9.69. The minimum absolute atomic E-state index is 0.191. The molecule has 1 aliphatic heterocycles. The van der Waals surface area contributed by atoms with Crippen molar-refractivity contribution in [3.05, 3.63) is 22.2 Å². The Morgan fingerprint density at radius 2 is 2.00 bits per heavy atom. The first-order valence-electron chi connectivity index (χ1n) is 6.85. The van der Waals surface area contributed by atoms with Crippen molar-refractivity contribution in [2.75, 3.05) is 6.79 Å². The number of aliphatic hydroxyl groups excluding tert-OH is 1. The third-order valence-electron chi connectivity index (χ3n) is 4.26. The second kappa shape index (κ2) is 5.27. The van der Waals surface area contributed by atoms with E-state index in [0.29, 0.717) is 17.1 Å². The molecule has 4 nitrogen and oxygen atoms in total. The van der Waals surface area contributed by atoms with Crippen LogP contribution in [0.15, 0.2) is 16.6 Å². The van der Waals surface area contributed by atoms with Gasteiger partial charge >= 0.3 is 0 Å². The van der Waals surface area contributed by atoms with Crippen LogP contribution in [0.4, 0.5) is 0 Å². The molecule has 1 unspecified atom stereocenters. The SMILES string of the molecule is N#CC1(C(O)c2cc(Br)c3c(c2)OCO3)CCCCC1. The highest BCUT2D eigenvalue weighted by atomic mass is 79.9. The molecule has 1 saturated carbocycles. The van der Waals surface area contributed by atoms with E-state index in [9.17, 15) is 10.4 Å². The van der Waals surface area contributed by atoms with Crippen LogP contribution in [0, 0.1) is 16.7 Å². The van der Waals surface area contributed by atoms with E-state index in [1.165, 1.54) is 0 Å². The highest BCUT2D eigenvalue weighted by Crippen LogP contribution is 2.48. The van der Waals surface area contributed by atoms with E-state index in [1.807, 2.05) is 6.07 Å². The number of ether oxygens (including phenoxy) is 2. The second-order valence-corrected chi connectivity index (χ2v) is 6.32. The van der Waals surface area contributed by atoms with E-state index in [2.05, 4.69) is 22.0 Å². The molecule has 2 aliphatic rings. The van der Waals surface area contributed by atoms with Crippen molar-refractivity contribution in [1.82, 2.24) is 0 Å². The molecule has 0 saturated heterocycles. The van der Waals surface area contributed by atoms with Gasteiger partial charge in [-0.1, -0.05) is 19.3 Å². The number of fused-ring (bicyclic) bond motifs is 1. The molecular weight excluding hydrogens is 322 g/mol. The smallest absolute Gasteiger partial charge is 0.231 e. The second-order valence-electron chi connectivity index (χ2n) is 5.47. The monoisotopic (exact) mass is 337 g/mol. The number of nitrogens with zero attached hydrogens (tertiary/aromatic N) is 1. The molecule has 1 aliphatic carbocycles. The number of aliphatic hydroxyl groups is 1. The fourth-order valence-corrected chi connectivity index (χ4v) is 3.67. The first-order valence-corrected chi connectivity index (χ1v) is 7.64. The number of halogens is 1. The molecule has 0 spiro atoms. The third kappa shape index (κ3) is 2.17. The summed E-state index contributed by atoms with van der Waals surface area (Å²) in [4.78, 5) is 0. The summed E-state index contributed by atoms with van der Waals surface area (Å²) in [7, 11) is 0. The summed E-state index contributed by atoms with van der Waals surface area (Å²) in [6, 6.07) is 5.97. The van der Waals surface area contributed by atoms with Crippen molar-refractivity contribution in [1.29, 1.82) is 5.26 Å². The first-order chi connectivity index (χ1) is 9.66. The number of rotatable bonds is 2. The summed E-state index contributed by atoms with van der Waals surface area (Å²) in [6.45, 7) is 0.191. The predicted octanol–water partition coefficient (Wildman–Crippen LogP) is 3.69.